The van der Waals surface area contributed by atoms with E-state index in [-0.39, 0.29) is 0 Å². The fraction of sp³-hybridized carbons (Fsp3) is 0. The Morgan fingerprint density at radius 1 is 1.31 bits per heavy atom. The fourth-order valence-corrected chi connectivity index (χ4v) is 0.810. The van der Waals surface area contributed by atoms with Gasteiger partial charge in [0.25, 0.3) is 0 Å². The SMILES string of the molecule is O=C(O)O.c1ccc2oncc2c1. The van der Waals surface area contributed by atoms with Gasteiger partial charge in [0.1, 0.15) is 0 Å². The molecule has 0 aliphatic carbocycles. The van der Waals surface area contributed by atoms with Gasteiger partial charge in [-0.1, -0.05) is 17.3 Å². The zero-order chi connectivity index (χ0) is 9.68. The highest BCUT2D eigenvalue weighted by Crippen LogP contribution is 2.10. The van der Waals surface area contributed by atoms with Gasteiger partial charge in [-0.25, -0.2) is 4.79 Å². The molecule has 0 saturated carbocycles. The average molecular weight is 181 g/mol. The number of fused-ring (bicyclic) bond motifs is 1. The highest BCUT2D eigenvalue weighted by Gasteiger charge is 1.91. The number of benzene rings is 1. The van der Waals surface area contributed by atoms with Crippen molar-refractivity contribution in [2.75, 3.05) is 0 Å². The number of aromatic nitrogens is 1. The number of hydrogen-bond donors (Lipinski definition) is 2. The molecular formula is C8H7NO4. The van der Waals surface area contributed by atoms with Gasteiger partial charge >= 0.3 is 6.16 Å². The van der Waals surface area contributed by atoms with Gasteiger partial charge in [0.05, 0.1) is 6.20 Å². The van der Waals surface area contributed by atoms with Gasteiger partial charge in [-0.15, -0.1) is 0 Å². The molecule has 0 amide bonds. The number of carbonyl (C=O) groups is 1. The third kappa shape index (κ3) is 2.82. The molecule has 5 nitrogen and oxygen atoms in total. The molecule has 0 bridgehead atoms. The van der Waals surface area contributed by atoms with Gasteiger partial charge in [-0.2, -0.15) is 0 Å². The Morgan fingerprint density at radius 3 is 2.54 bits per heavy atom. The van der Waals surface area contributed by atoms with E-state index in [0.29, 0.717) is 0 Å². The molecule has 2 rings (SSSR count). The second kappa shape index (κ2) is 4.10. The Labute approximate surface area is 73.2 Å². The summed E-state index contributed by atoms with van der Waals surface area (Å²) in [5.74, 6) is 0. The van der Waals surface area contributed by atoms with Crippen LogP contribution in [0.5, 0.6) is 0 Å². The molecule has 13 heavy (non-hydrogen) atoms. The van der Waals surface area contributed by atoms with Gasteiger partial charge in [0.15, 0.2) is 5.58 Å². The highest BCUT2D eigenvalue weighted by molar-refractivity contribution is 5.75. The summed E-state index contributed by atoms with van der Waals surface area (Å²) in [6, 6.07) is 7.74. The van der Waals surface area contributed by atoms with Crippen LogP contribution in [0, 0.1) is 0 Å². The molecule has 0 spiro atoms. The van der Waals surface area contributed by atoms with Gasteiger partial charge in [0.2, 0.25) is 0 Å². The van der Waals surface area contributed by atoms with E-state index in [4.69, 9.17) is 19.5 Å². The van der Waals surface area contributed by atoms with Crippen molar-refractivity contribution in [3.8, 4) is 0 Å². The minimum absolute atomic E-state index is 0.845. The molecule has 2 N–H and O–H groups in total. The Morgan fingerprint density at radius 2 is 1.92 bits per heavy atom. The standard InChI is InChI=1S/C7H5NO.CH2O3/c1-2-4-7-6(3-1)5-8-9-7;2-1(3)4/h1-5H;(H2,2,3,4). The third-order valence-corrected chi connectivity index (χ3v) is 1.26. The molecule has 2 aromatic rings. The van der Waals surface area contributed by atoms with E-state index in [1.165, 1.54) is 0 Å². The highest BCUT2D eigenvalue weighted by atomic mass is 16.6. The molecule has 1 aromatic carbocycles. The second-order valence-corrected chi connectivity index (χ2v) is 2.15. The Balaban J connectivity index is 0.000000184. The first-order valence-corrected chi connectivity index (χ1v) is 3.41. The number of rotatable bonds is 0. The Kier molecular flexibility index (Phi) is 2.86. The van der Waals surface area contributed by atoms with E-state index in [9.17, 15) is 0 Å². The molecule has 0 atom stereocenters. The first kappa shape index (κ1) is 9.05. The predicted octanol–water partition coefficient (Wildman–Crippen LogP) is 2.05. The molecule has 0 radical (unpaired) electrons. The minimum atomic E-state index is -1.83. The van der Waals surface area contributed by atoms with Crippen LogP contribution in [0.1, 0.15) is 0 Å². The summed E-state index contributed by atoms with van der Waals surface area (Å²) >= 11 is 0. The smallest absolute Gasteiger partial charge is 0.450 e. The van der Waals surface area contributed by atoms with E-state index < -0.39 is 6.16 Å². The maximum absolute atomic E-state index is 8.56. The number of para-hydroxylation sites is 1. The third-order valence-electron chi connectivity index (χ3n) is 1.26. The van der Waals surface area contributed by atoms with Crippen LogP contribution < -0.4 is 0 Å². The summed E-state index contributed by atoms with van der Waals surface area (Å²) in [7, 11) is 0. The number of carboxylic acid groups (broad SMARTS) is 2. The first-order valence-electron chi connectivity index (χ1n) is 3.41. The molecule has 5 heteroatoms. The van der Waals surface area contributed by atoms with E-state index >= 15 is 0 Å². The summed E-state index contributed by atoms with van der Waals surface area (Å²) in [5, 5.41) is 18.6. The second-order valence-electron chi connectivity index (χ2n) is 2.15. The van der Waals surface area contributed by atoms with Crippen molar-refractivity contribution < 1.29 is 19.5 Å². The van der Waals surface area contributed by atoms with Crippen LogP contribution in [0.4, 0.5) is 4.79 Å². The molecule has 0 saturated heterocycles. The van der Waals surface area contributed by atoms with Crippen molar-refractivity contribution in [1.29, 1.82) is 0 Å². The number of nitrogens with zero attached hydrogens (tertiary/aromatic N) is 1. The van der Waals surface area contributed by atoms with E-state index in [0.717, 1.165) is 11.0 Å². The van der Waals surface area contributed by atoms with Gasteiger partial charge in [-0.05, 0) is 12.1 Å². The van der Waals surface area contributed by atoms with Crippen LogP contribution >= 0.6 is 0 Å². The summed E-state index contributed by atoms with van der Waals surface area (Å²) < 4.78 is 4.87. The van der Waals surface area contributed by atoms with Gasteiger partial charge < -0.3 is 14.7 Å². The van der Waals surface area contributed by atoms with Gasteiger partial charge in [0, 0.05) is 5.39 Å². The zero-order valence-electron chi connectivity index (χ0n) is 6.54. The largest absolute Gasteiger partial charge is 0.503 e. The maximum atomic E-state index is 8.56. The van der Waals surface area contributed by atoms with Crippen molar-refractivity contribution in [2.45, 2.75) is 0 Å². The van der Waals surface area contributed by atoms with Crippen molar-refractivity contribution in [2.24, 2.45) is 0 Å². The Hall–Kier alpha value is -2.04. The fourth-order valence-electron chi connectivity index (χ4n) is 0.810. The van der Waals surface area contributed by atoms with Crippen LogP contribution in [-0.4, -0.2) is 21.5 Å². The summed E-state index contributed by atoms with van der Waals surface area (Å²) in [6.07, 6.45) is -0.130. The molecule has 68 valence electrons. The molecule has 1 aromatic heterocycles. The van der Waals surface area contributed by atoms with E-state index in [1.807, 2.05) is 24.3 Å². The van der Waals surface area contributed by atoms with E-state index in [1.54, 1.807) is 6.20 Å². The summed E-state index contributed by atoms with van der Waals surface area (Å²) in [5.41, 5.74) is 0.845. The lowest BCUT2D eigenvalue weighted by molar-refractivity contribution is 0.137. The topological polar surface area (TPSA) is 83.6 Å². The average Bonchev–Trinajstić information content (AvgIpc) is 2.49. The molecule has 0 unspecified atom stereocenters. The normalized spacial score (nSPS) is 8.92. The Bertz CT molecular complexity index is 361. The lowest BCUT2D eigenvalue weighted by Crippen LogP contribution is -1.81. The van der Waals surface area contributed by atoms with Crippen LogP contribution in [-0.2, 0) is 0 Å². The quantitative estimate of drug-likeness (QED) is 0.649. The zero-order valence-corrected chi connectivity index (χ0v) is 6.54. The molecule has 0 aliphatic rings. The van der Waals surface area contributed by atoms with Crippen LogP contribution in [0.2, 0.25) is 0 Å². The monoisotopic (exact) mass is 181 g/mol. The van der Waals surface area contributed by atoms with Gasteiger partial charge in [-0.3, -0.25) is 0 Å². The molecule has 1 heterocycles. The molecule has 0 fully saturated rings. The lowest BCUT2D eigenvalue weighted by atomic mass is 10.3. The van der Waals surface area contributed by atoms with Crippen LogP contribution in [0.3, 0.4) is 0 Å². The van der Waals surface area contributed by atoms with Crippen molar-refractivity contribution in [3.63, 3.8) is 0 Å². The molecule has 0 aliphatic heterocycles. The van der Waals surface area contributed by atoms with Crippen molar-refractivity contribution in [3.05, 3.63) is 30.5 Å². The summed E-state index contributed by atoms with van der Waals surface area (Å²) in [4.78, 5) is 8.56. The van der Waals surface area contributed by atoms with Crippen molar-refractivity contribution in [1.82, 2.24) is 5.16 Å². The van der Waals surface area contributed by atoms with Crippen LogP contribution in [0.15, 0.2) is 35.0 Å². The first-order chi connectivity index (χ1) is 6.20. The van der Waals surface area contributed by atoms with Crippen LogP contribution in [0.25, 0.3) is 11.0 Å². The van der Waals surface area contributed by atoms with Crippen molar-refractivity contribution >= 4 is 17.1 Å². The van der Waals surface area contributed by atoms with E-state index in [2.05, 4.69) is 5.16 Å². The number of hydrogen-bond acceptors (Lipinski definition) is 3. The lowest BCUT2D eigenvalue weighted by Gasteiger charge is -1.78. The summed E-state index contributed by atoms with van der Waals surface area (Å²) in [6.45, 7) is 0. The molecular weight excluding hydrogens is 174 g/mol. The minimum Gasteiger partial charge on any atom is -0.450 e. The predicted molar refractivity (Wildman–Crippen MR) is 44.7 cm³/mol. The maximum Gasteiger partial charge on any atom is 0.503 e.